The third-order valence-corrected chi connectivity index (χ3v) is 5.94. The molecule has 0 atom stereocenters. The van der Waals surface area contributed by atoms with Crippen LogP contribution in [0.4, 0.5) is 4.39 Å². The second kappa shape index (κ2) is 8.43. The summed E-state index contributed by atoms with van der Waals surface area (Å²) in [6, 6.07) is 9.82. The van der Waals surface area contributed by atoms with Crippen LogP contribution in [0.25, 0.3) is 33.2 Å². The number of morpholine rings is 1. The predicted molar refractivity (Wildman–Crippen MR) is 125 cm³/mol. The second-order valence-corrected chi connectivity index (χ2v) is 7.90. The van der Waals surface area contributed by atoms with E-state index in [1.54, 1.807) is 52.0 Å². The van der Waals surface area contributed by atoms with Crippen LogP contribution in [0.5, 0.6) is 0 Å². The van der Waals surface area contributed by atoms with Gasteiger partial charge in [0.25, 0.3) is 11.8 Å². The first kappa shape index (κ1) is 20.8. The zero-order valence-corrected chi connectivity index (χ0v) is 18.8. The van der Waals surface area contributed by atoms with E-state index in [4.69, 9.17) is 9.72 Å². The number of benzene rings is 1. The van der Waals surface area contributed by atoms with Gasteiger partial charge in [0.2, 0.25) is 5.95 Å². The van der Waals surface area contributed by atoms with Crippen LogP contribution in [0.3, 0.4) is 0 Å². The Bertz CT molecular complexity index is 1350. The van der Waals surface area contributed by atoms with Gasteiger partial charge in [-0.15, -0.1) is 0 Å². The topological polar surface area (TPSA) is 100 Å². The molecule has 2 amide bonds. The van der Waals surface area contributed by atoms with Crippen LogP contribution in [0.2, 0.25) is 0 Å². The van der Waals surface area contributed by atoms with Crippen molar-refractivity contribution < 1.29 is 18.7 Å². The van der Waals surface area contributed by atoms with Crippen molar-refractivity contribution in [3.05, 3.63) is 59.7 Å². The maximum atomic E-state index is 13.3. The molecule has 1 saturated heterocycles. The first-order valence-corrected chi connectivity index (χ1v) is 11.0. The molecule has 2 N–H and O–H groups in total. The Hall–Kier alpha value is -3.12. The standard InChI is InChI=1S/C22H17FIN5O3/c23-18-4-2-13(11-25-18)16-10-15(21(30)28-24)20-19(26-16)14-3-1-12(9-17(14)27-20)22(31)29-5-7-32-8-6-29/h1-4,9-11,27H,5-8H2,(H,28,30). The Balaban J connectivity index is 1.65. The van der Waals surface area contributed by atoms with Crippen LogP contribution < -0.4 is 3.53 Å². The average Bonchev–Trinajstić information content (AvgIpc) is 3.21. The first-order valence-electron chi connectivity index (χ1n) is 9.91. The van der Waals surface area contributed by atoms with Gasteiger partial charge in [-0.1, -0.05) is 0 Å². The minimum atomic E-state index is -0.593. The van der Waals surface area contributed by atoms with E-state index in [0.717, 1.165) is 5.39 Å². The number of carbonyl (C=O) groups excluding carboxylic acids is 2. The molecule has 10 heteroatoms. The number of H-pyrrole nitrogens is 1. The lowest BCUT2D eigenvalue weighted by Gasteiger charge is -2.26. The van der Waals surface area contributed by atoms with Crippen molar-refractivity contribution >= 4 is 56.6 Å². The van der Waals surface area contributed by atoms with Crippen molar-refractivity contribution in [1.82, 2.24) is 23.4 Å². The van der Waals surface area contributed by atoms with Gasteiger partial charge in [0.15, 0.2) is 0 Å². The maximum absolute atomic E-state index is 13.3. The first-order chi connectivity index (χ1) is 15.5. The maximum Gasteiger partial charge on any atom is 0.262 e. The van der Waals surface area contributed by atoms with Gasteiger partial charge in [-0.05, 0) is 36.4 Å². The van der Waals surface area contributed by atoms with Crippen molar-refractivity contribution in [2.45, 2.75) is 0 Å². The molecule has 0 saturated carbocycles. The highest BCUT2D eigenvalue weighted by Crippen LogP contribution is 2.31. The van der Waals surface area contributed by atoms with E-state index in [0.29, 0.717) is 65.2 Å². The Labute approximate surface area is 195 Å². The van der Waals surface area contributed by atoms with Crippen LogP contribution in [-0.4, -0.2) is 58.0 Å². The summed E-state index contributed by atoms with van der Waals surface area (Å²) < 4.78 is 21.2. The van der Waals surface area contributed by atoms with Gasteiger partial charge in [0.05, 0.1) is 58.4 Å². The molecule has 0 spiro atoms. The van der Waals surface area contributed by atoms with Crippen molar-refractivity contribution in [3.8, 4) is 11.3 Å². The third kappa shape index (κ3) is 3.69. The van der Waals surface area contributed by atoms with E-state index in [9.17, 15) is 14.0 Å². The second-order valence-electron chi connectivity index (χ2n) is 7.36. The molecular formula is C22H17FIN5O3. The summed E-state index contributed by atoms with van der Waals surface area (Å²) in [5, 5.41) is 0.776. The Kier molecular flexibility index (Phi) is 5.47. The van der Waals surface area contributed by atoms with E-state index < -0.39 is 5.95 Å². The third-order valence-electron chi connectivity index (χ3n) is 5.45. The normalized spacial score (nSPS) is 14.1. The summed E-state index contributed by atoms with van der Waals surface area (Å²) in [5.74, 6) is -0.958. The highest BCUT2D eigenvalue weighted by atomic mass is 127. The van der Waals surface area contributed by atoms with Gasteiger partial charge in [-0.3, -0.25) is 13.1 Å². The van der Waals surface area contributed by atoms with Crippen molar-refractivity contribution in [2.75, 3.05) is 26.3 Å². The summed E-state index contributed by atoms with van der Waals surface area (Å²) in [7, 11) is 0. The molecule has 1 aliphatic rings. The van der Waals surface area contributed by atoms with E-state index in [1.807, 2.05) is 6.07 Å². The minimum absolute atomic E-state index is 0.0647. The number of fused-ring (bicyclic) bond motifs is 3. The zero-order chi connectivity index (χ0) is 22.2. The predicted octanol–water partition coefficient (Wildman–Crippen LogP) is 3.47. The molecule has 1 fully saturated rings. The van der Waals surface area contributed by atoms with E-state index in [1.165, 1.54) is 12.3 Å². The lowest BCUT2D eigenvalue weighted by Crippen LogP contribution is -2.40. The Morgan fingerprint density at radius 1 is 1.16 bits per heavy atom. The highest BCUT2D eigenvalue weighted by Gasteiger charge is 2.21. The number of carbonyl (C=O) groups is 2. The zero-order valence-electron chi connectivity index (χ0n) is 16.7. The van der Waals surface area contributed by atoms with E-state index in [-0.39, 0.29) is 11.8 Å². The number of ether oxygens (including phenoxy) is 1. The number of nitrogens with one attached hydrogen (secondary N) is 2. The van der Waals surface area contributed by atoms with Gasteiger partial charge >= 0.3 is 0 Å². The van der Waals surface area contributed by atoms with Crippen molar-refractivity contribution in [1.29, 1.82) is 0 Å². The average molecular weight is 545 g/mol. The fourth-order valence-electron chi connectivity index (χ4n) is 3.84. The molecule has 8 nitrogen and oxygen atoms in total. The lowest BCUT2D eigenvalue weighted by molar-refractivity contribution is 0.0303. The summed E-state index contributed by atoms with van der Waals surface area (Å²) in [4.78, 5) is 38.9. The number of hydrogen-bond acceptors (Lipinski definition) is 5. The molecular weight excluding hydrogens is 528 g/mol. The van der Waals surface area contributed by atoms with Crippen molar-refractivity contribution in [3.63, 3.8) is 0 Å². The highest BCUT2D eigenvalue weighted by molar-refractivity contribution is 14.1. The van der Waals surface area contributed by atoms with E-state index in [2.05, 4.69) is 13.5 Å². The molecule has 5 rings (SSSR count). The molecule has 1 aliphatic heterocycles. The van der Waals surface area contributed by atoms with Crippen molar-refractivity contribution in [2.24, 2.45) is 0 Å². The number of aromatic amines is 1. The molecule has 0 bridgehead atoms. The van der Waals surface area contributed by atoms with Crippen LogP contribution in [0.15, 0.2) is 42.6 Å². The molecule has 4 aromatic rings. The van der Waals surface area contributed by atoms with Crippen LogP contribution in [-0.2, 0) is 4.74 Å². The summed E-state index contributed by atoms with van der Waals surface area (Å²) in [5.41, 5.74) is 3.86. The Morgan fingerprint density at radius 2 is 1.97 bits per heavy atom. The number of hydrogen-bond donors (Lipinski definition) is 2. The van der Waals surface area contributed by atoms with E-state index >= 15 is 0 Å². The number of halogens is 2. The largest absolute Gasteiger partial charge is 0.378 e. The SMILES string of the molecule is O=C(NI)c1cc(-c2ccc(F)nc2)nc2c1[nH]c1cc(C(=O)N3CCOCC3)ccc12. The molecule has 162 valence electrons. The van der Waals surface area contributed by atoms with Crippen LogP contribution in [0.1, 0.15) is 20.7 Å². The Morgan fingerprint density at radius 3 is 2.69 bits per heavy atom. The van der Waals surface area contributed by atoms with Crippen LogP contribution >= 0.6 is 22.9 Å². The molecule has 3 aromatic heterocycles. The van der Waals surface area contributed by atoms with Crippen LogP contribution in [0, 0.1) is 5.95 Å². The molecule has 32 heavy (non-hydrogen) atoms. The molecule has 0 aliphatic carbocycles. The molecule has 1 aromatic carbocycles. The fraction of sp³-hybridized carbons (Fsp3) is 0.182. The monoisotopic (exact) mass is 545 g/mol. The number of pyridine rings is 2. The lowest BCUT2D eigenvalue weighted by atomic mass is 10.1. The van der Waals surface area contributed by atoms with Gasteiger partial charge in [0, 0.05) is 41.3 Å². The summed E-state index contributed by atoms with van der Waals surface area (Å²) >= 11 is 1.78. The quantitative estimate of drug-likeness (QED) is 0.234. The fourth-order valence-corrected chi connectivity index (χ4v) is 4.13. The minimum Gasteiger partial charge on any atom is -0.378 e. The number of nitrogens with zero attached hydrogens (tertiary/aromatic N) is 3. The smallest absolute Gasteiger partial charge is 0.262 e. The number of rotatable bonds is 3. The van der Waals surface area contributed by atoms with Gasteiger partial charge < -0.3 is 14.6 Å². The number of amides is 2. The molecule has 0 radical (unpaired) electrons. The van der Waals surface area contributed by atoms with Gasteiger partial charge in [-0.2, -0.15) is 4.39 Å². The van der Waals surface area contributed by atoms with Gasteiger partial charge in [-0.25, -0.2) is 9.97 Å². The summed E-state index contributed by atoms with van der Waals surface area (Å²) in [6.45, 7) is 2.17. The molecule has 4 heterocycles. The molecule has 0 unspecified atom stereocenters. The summed E-state index contributed by atoms with van der Waals surface area (Å²) in [6.07, 6.45) is 1.38. The number of aromatic nitrogens is 3. The van der Waals surface area contributed by atoms with Gasteiger partial charge in [0.1, 0.15) is 0 Å².